The van der Waals surface area contributed by atoms with E-state index in [9.17, 15) is 4.39 Å². The maximum absolute atomic E-state index is 14.1. The predicted octanol–water partition coefficient (Wildman–Crippen LogP) is 3.76. The smallest absolute Gasteiger partial charge is 0.133 e. The van der Waals surface area contributed by atoms with E-state index in [-0.39, 0.29) is 11.7 Å². The zero-order valence-electron chi connectivity index (χ0n) is 11.7. The molecule has 19 heavy (non-hydrogen) atoms. The number of aryl methyl sites for hydroxylation is 1. The number of benzene rings is 1. The first kappa shape index (κ1) is 13.5. The first-order chi connectivity index (χ1) is 9.04. The lowest BCUT2D eigenvalue weighted by atomic mass is 9.96. The molecule has 1 aromatic heterocycles. The highest BCUT2D eigenvalue weighted by atomic mass is 19.1. The Labute approximate surface area is 112 Å². The summed E-state index contributed by atoms with van der Waals surface area (Å²) in [5, 5.41) is 3.05. The van der Waals surface area contributed by atoms with E-state index in [2.05, 4.69) is 29.1 Å². The number of halogens is 1. The van der Waals surface area contributed by atoms with Crippen molar-refractivity contribution in [3.05, 3.63) is 41.5 Å². The van der Waals surface area contributed by atoms with Crippen LogP contribution in [0.3, 0.4) is 0 Å². The van der Waals surface area contributed by atoms with Crippen molar-refractivity contribution in [2.75, 3.05) is 12.4 Å². The Kier molecular flexibility index (Phi) is 3.79. The highest BCUT2D eigenvalue weighted by Gasteiger charge is 2.18. The van der Waals surface area contributed by atoms with Crippen molar-refractivity contribution >= 4 is 5.82 Å². The van der Waals surface area contributed by atoms with E-state index in [4.69, 9.17) is 0 Å². The van der Waals surface area contributed by atoms with Crippen molar-refractivity contribution in [2.45, 2.75) is 26.7 Å². The summed E-state index contributed by atoms with van der Waals surface area (Å²) in [5.41, 5.74) is 3.14. The third kappa shape index (κ3) is 2.57. The summed E-state index contributed by atoms with van der Waals surface area (Å²) in [7, 11) is 1.81. The van der Waals surface area contributed by atoms with Crippen LogP contribution in [0.1, 0.15) is 30.9 Å². The molecule has 0 saturated carbocycles. The molecule has 3 nitrogen and oxygen atoms in total. The van der Waals surface area contributed by atoms with Crippen LogP contribution in [0, 0.1) is 12.7 Å². The maximum atomic E-state index is 14.1. The Morgan fingerprint density at radius 3 is 2.58 bits per heavy atom. The van der Waals surface area contributed by atoms with Crippen LogP contribution in [0.15, 0.2) is 24.5 Å². The molecule has 4 heteroatoms. The molecule has 0 spiro atoms. The number of rotatable bonds is 3. The molecule has 2 rings (SSSR count). The Hall–Kier alpha value is -1.97. The van der Waals surface area contributed by atoms with E-state index in [1.165, 1.54) is 12.4 Å². The molecule has 100 valence electrons. The number of nitrogens with zero attached hydrogens (tertiary/aromatic N) is 2. The molecule has 0 aliphatic heterocycles. The average molecular weight is 259 g/mol. The van der Waals surface area contributed by atoms with Crippen LogP contribution in [0.25, 0.3) is 11.3 Å². The van der Waals surface area contributed by atoms with Crippen molar-refractivity contribution in [1.29, 1.82) is 0 Å². The lowest BCUT2D eigenvalue weighted by Gasteiger charge is -2.16. The minimum Gasteiger partial charge on any atom is -0.373 e. The summed E-state index contributed by atoms with van der Waals surface area (Å²) < 4.78 is 14.1. The number of aromatic nitrogens is 2. The van der Waals surface area contributed by atoms with Crippen LogP contribution in [0.2, 0.25) is 0 Å². The largest absolute Gasteiger partial charge is 0.373 e. The minimum atomic E-state index is -0.256. The second-order valence-electron chi connectivity index (χ2n) is 4.87. The Morgan fingerprint density at radius 2 is 1.95 bits per heavy atom. The van der Waals surface area contributed by atoms with Gasteiger partial charge in [-0.3, -0.25) is 0 Å². The summed E-state index contributed by atoms with van der Waals surface area (Å²) >= 11 is 0. The van der Waals surface area contributed by atoms with Crippen molar-refractivity contribution < 1.29 is 4.39 Å². The van der Waals surface area contributed by atoms with Crippen molar-refractivity contribution in [1.82, 2.24) is 9.97 Å². The molecule has 1 aromatic carbocycles. The van der Waals surface area contributed by atoms with Gasteiger partial charge in [-0.25, -0.2) is 14.4 Å². The third-order valence-electron chi connectivity index (χ3n) is 3.08. The molecule has 0 unspecified atom stereocenters. The summed E-state index contributed by atoms with van der Waals surface area (Å²) in [6.45, 7) is 6.05. The van der Waals surface area contributed by atoms with Crippen LogP contribution in [-0.4, -0.2) is 17.0 Å². The topological polar surface area (TPSA) is 37.8 Å². The number of anilines is 1. The molecule has 0 fully saturated rings. The first-order valence-corrected chi connectivity index (χ1v) is 6.33. The van der Waals surface area contributed by atoms with E-state index in [0.29, 0.717) is 11.3 Å². The molecule has 0 atom stereocenters. The van der Waals surface area contributed by atoms with E-state index in [0.717, 1.165) is 16.9 Å². The quantitative estimate of drug-likeness (QED) is 0.912. The van der Waals surface area contributed by atoms with Crippen LogP contribution in [0.5, 0.6) is 0 Å². The molecule has 0 radical (unpaired) electrons. The molecule has 1 N–H and O–H groups in total. The molecule has 0 aliphatic rings. The second-order valence-corrected chi connectivity index (χ2v) is 4.87. The van der Waals surface area contributed by atoms with E-state index in [1.54, 1.807) is 6.07 Å². The minimum absolute atomic E-state index is 0.207. The predicted molar refractivity (Wildman–Crippen MR) is 75.8 cm³/mol. The van der Waals surface area contributed by atoms with E-state index >= 15 is 0 Å². The summed E-state index contributed by atoms with van der Waals surface area (Å²) in [6, 6.07) is 5.06. The zero-order chi connectivity index (χ0) is 14.0. The molecule has 2 aromatic rings. The third-order valence-corrected chi connectivity index (χ3v) is 3.08. The molecule has 0 bridgehead atoms. The van der Waals surface area contributed by atoms with Crippen LogP contribution >= 0.6 is 0 Å². The number of hydrogen-bond donors (Lipinski definition) is 1. The number of hydrogen-bond acceptors (Lipinski definition) is 3. The van der Waals surface area contributed by atoms with Gasteiger partial charge in [-0.15, -0.1) is 0 Å². The average Bonchev–Trinajstić information content (AvgIpc) is 2.40. The Morgan fingerprint density at radius 1 is 1.21 bits per heavy atom. The normalized spacial score (nSPS) is 10.8. The molecular formula is C15H18FN3. The lowest BCUT2D eigenvalue weighted by molar-refractivity contribution is 0.629. The van der Waals surface area contributed by atoms with Gasteiger partial charge in [0.05, 0.1) is 5.69 Å². The van der Waals surface area contributed by atoms with Crippen molar-refractivity contribution in [3.8, 4) is 11.3 Å². The first-order valence-electron chi connectivity index (χ1n) is 6.33. The fourth-order valence-corrected chi connectivity index (χ4v) is 2.18. The highest BCUT2D eigenvalue weighted by Crippen LogP contribution is 2.33. The fraction of sp³-hybridized carbons (Fsp3) is 0.333. The van der Waals surface area contributed by atoms with Gasteiger partial charge in [0.2, 0.25) is 0 Å². The van der Waals surface area contributed by atoms with Crippen LogP contribution < -0.4 is 5.32 Å². The summed E-state index contributed by atoms with van der Waals surface area (Å²) in [5.74, 6) is 0.702. The molecule has 1 heterocycles. The highest BCUT2D eigenvalue weighted by molar-refractivity contribution is 5.70. The SMILES string of the molecule is CNc1ncnc(-c2cc(C)ccc2F)c1C(C)C. The molecule has 0 amide bonds. The van der Waals surface area contributed by atoms with E-state index in [1.807, 2.05) is 20.0 Å². The van der Waals surface area contributed by atoms with Gasteiger partial charge < -0.3 is 5.32 Å². The van der Waals surface area contributed by atoms with Gasteiger partial charge in [0.25, 0.3) is 0 Å². The summed E-state index contributed by atoms with van der Waals surface area (Å²) in [6.07, 6.45) is 1.47. The van der Waals surface area contributed by atoms with Gasteiger partial charge in [0.1, 0.15) is 18.0 Å². The summed E-state index contributed by atoms with van der Waals surface area (Å²) in [4.78, 5) is 8.50. The zero-order valence-corrected chi connectivity index (χ0v) is 11.7. The Balaban J connectivity index is 2.71. The van der Waals surface area contributed by atoms with Gasteiger partial charge in [-0.1, -0.05) is 25.5 Å². The molecule has 0 aliphatic carbocycles. The van der Waals surface area contributed by atoms with Gasteiger partial charge in [0, 0.05) is 18.2 Å². The van der Waals surface area contributed by atoms with E-state index < -0.39 is 0 Å². The van der Waals surface area contributed by atoms with Gasteiger partial charge in [-0.05, 0) is 25.0 Å². The lowest BCUT2D eigenvalue weighted by Crippen LogP contribution is -2.05. The number of nitrogens with one attached hydrogen (secondary N) is 1. The van der Waals surface area contributed by atoms with Crippen molar-refractivity contribution in [3.63, 3.8) is 0 Å². The van der Waals surface area contributed by atoms with Gasteiger partial charge in [-0.2, -0.15) is 0 Å². The molecule has 0 saturated heterocycles. The second kappa shape index (κ2) is 5.34. The van der Waals surface area contributed by atoms with Crippen molar-refractivity contribution in [2.24, 2.45) is 0 Å². The van der Waals surface area contributed by atoms with Crippen LogP contribution in [-0.2, 0) is 0 Å². The standard InChI is InChI=1S/C15H18FN3/c1-9(2)13-14(18-8-19-15(13)17-4)11-7-10(3)5-6-12(11)16/h5-9H,1-4H3,(H,17,18,19). The monoisotopic (exact) mass is 259 g/mol. The Bertz CT molecular complexity index is 594. The van der Waals surface area contributed by atoms with Gasteiger partial charge in [0.15, 0.2) is 0 Å². The van der Waals surface area contributed by atoms with Crippen LogP contribution in [0.4, 0.5) is 10.2 Å². The van der Waals surface area contributed by atoms with Gasteiger partial charge >= 0.3 is 0 Å². The fourth-order valence-electron chi connectivity index (χ4n) is 2.18. The maximum Gasteiger partial charge on any atom is 0.133 e. The molecular weight excluding hydrogens is 241 g/mol.